The standard InChI is InChI=1S/C17H25N5OS/c1-6-17(4,5)19-15(23)12(3)24-16-21-20-14(22(16)7-2)13-8-10-18-11-9-13/h8-12H,6-7H2,1-5H3,(H,19,23). The molecule has 0 radical (unpaired) electrons. The van der Waals surface area contributed by atoms with Crippen molar-refractivity contribution in [2.75, 3.05) is 0 Å². The Labute approximate surface area is 147 Å². The minimum atomic E-state index is -0.240. The van der Waals surface area contributed by atoms with Gasteiger partial charge < -0.3 is 9.88 Å². The first-order valence-corrected chi connectivity index (χ1v) is 9.08. The van der Waals surface area contributed by atoms with Crippen molar-refractivity contribution in [2.45, 2.75) is 63.5 Å². The minimum absolute atomic E-state index is 0.0166. The van der Waals surface area contributed by atoms with E-state index in [-0.39, 0.29) is 16.7 Å². The van der Waals surface area contributed by atoms with Crippen molar-refractivity contribution in [3.63, 3.8) is 0 Å². The van der Waals surface area contributed by atoms with E-state index >= 15 is 0 Å². The maximum Gasteiger partial charge on any atom is 0.233 e. The summed E-state index contributed by atoms with van der Waals surface area (Å²) >= 11 is 1.43. The van der Waals surface area contributed by atoms with Gasteiger partial charge in [-0.2, -0.15) is 0 Å². The van der Waals surface area contributed by atoms with Gasteiger partial charge >= 0.3 is 0 Å². The summed E-state index contributed by atoms with van der Waals surface area (Å²) in [5.41, 5.74) is 0.766. The lowest BCUT2D eigenvalue weighted by Gasteiger charge is -2.26. The monoisotopic (exact) mass is 347 g/mol. The highest BCUT2D eigenvalue weighted by Gasteiger charge is 2.24. The van der Waals surface area contributed by atoms with Crippen LogP contribution in [0.5, 0.6) is 0 Å². The molecule has 0 aliphatic carbocycles. The maximum absolute atomic E-state index is 12.4. The lowest BCUT2D eigenvalue weighted by Crippen LogP contribution is -2.46. The molecule has 1 unspecified atom stereocenters. The van der Waals surface area contributed by atoms with Crippen molar-refractivity contribution in [3.8, 4) is 11.4 Å². The number of amides is 1. The highest BCUT2D eigenvalue weighted by molar-refractivity contribution is 8.00. The molecular formula is C17H25N5OS. The summed E-state index contributed by atoms with van der Waals surface area (Å²) in [5, 5.41) is 12.2. The Hall–Kier alpha value is -1.89. The van der Waals surface area contributed by atoms with E-state index in [1.54, 1.807) is 12.4 Å². The summed E-state index contributed by atoms with van der Waals surface area (Å²) in [4.78, 5) is 16.4. The first-order chi connectivity index (χ1) is 11.4. The minimum Gasteiger partial charge on any atom is -0.350 e. The van der Waals surface area contributed by atoms with Crippen LogP contribution in [0.4, 0.5) is 0 Å². The Balaban J connectivity index is 2.16. The zero-order chi connectivity index (χ0) is 17.7. The number of hydrogen-bond acceptors (Lipinski definition) is 5. The van der Waals surface area contributed by atoms with Crippen LogP contribution < -0.4 is 5.32 Å². The van der Waals surface area contributed by atoms with Crippen molar-refractivity contribution >= 4 is 17.7 Å². The van der Waals surface area contributed by atoms with Crippen molar-refractivity contribution < 1.29 is 4.79 Å². The number of rotatable bonds is 7. The zero-order valence-corrected chi connectivity index (χ0v) is 15.7. The molecule has 0 aliphatic rings. The average molecular weight is 347 g/mol. The number of carbonyl (C=O) groups is 1. The highest BCUT2D eigenvalue weighted by atomic mass is 32.2. The summed E-state index contributed by atoms with van der Waals surface area (Å²) in [6.45, 7) is 10.8. The number of carbonyl (C=O) groups excluding carboxylic acids is 1. The molecule has 2 heterocycles. The average Bonchev–Trinajstić information content (AvgIpc) is 2.97. The SMILES string of the molecule is CCn1c(SC(C)C(=O)NC(C)(C)CC)nnc1-c1ccncc1. The lowest BCUT2D eigenvalue weighted by atomic mass is 10.0. The fourth-order valence-corrected chi connectivity index (χ4v) is 3.02. The second kappa shape index (κ2) is 7.79. The summed E-state index contributed by atoms with van der Waals surface area (Å²) in [7, 11) is 0. The number of hydrogen-bond donors (Lipinski definition) is 1. The molecule has 2 aromatic rings. The maximum atomic E-state index is 12.4. The fraction of sp³-hybridized carbons (Fsp3) is 0.529. The Morgan fingerprint density at radius 2 is 1.96 bits per heavy atom. The molecule has 130 valence electrons. The number of nitrogens with zero attached hydrogens (tertiary/aromatic N) is 4. The van der Waals surface area contributed by atoms with Crippen molar-refractivity contribution in [3.05, 3.63) is 24.5 Å². The van der Waals surface area contributed by atoms with Gasteiger partial charge in [-0.15, -0.1) is 10.2 Å². The molecule has 0 saturated heterocycles. The van der Waals surface area contributed by atoms with Gasteiger partial charge in [-0.3, -0.25) is 9.78 Å². The molecule has 24 heavy (non-hydrogen) atoms. The molecule has 2 rings (SSSR count). The van der Waals surface area contributed by atoms with Crippen molar-refractivity contribution in [1.29, 1.82) is 0 Å². The highest BCUT2D eigenvalue weighted by Crippen LogP contribution is 2.27. The molecule has 2 aromatic heterocycles. The molecule has 1 atom stereocenters. The van der Waals surface area contributed by atoms with Gasteiger partial charge in [0.05, 0.1) is 5.25 Å². The summed E-state index contributed by atoms with van der Waals surface area (Å²) in [6, 6.07) is 3.81. The van der Waals surface area contributed by atoms with E-state index < -0.39 is 0 Å². The predicted molar refractivity (Wildman–Crippen MR) is 96.8 cm³/mol. The summed E-state index contributed by atoms with van der Waals surface area (Å²) in [6.07, 6.45) is 4.35. The Bertz CT molecular complexity index is 684. The van der Waals surface area contributed by atoms with Crippen molar-refractivity contribution in [2.24, 2.45) is 0 Å². The second-order valence-electron chi connectivity index (χ2n) is 6.27. The van der Waals surface area contributed by atoms with Gasteiger partial charge in [0.2, 0.25) is 5.91 Å². The zero-order valence-electron chi connectivity index (χ0n) is 14.9. The largest absolute Gasteiger partial charge is 0.350 e. The van der Waals surface area contributed by atoms with Gasteiger partial charge in [0, 0.05) is 30.0 Å². The number of pyridine rings is 1. The van der Waals surface area contributed by atoms with Gasteiger partial charge in [0.1, 0.15) is 0 Å². The van der Waals surface area contributed by atoms with Gasteiger partial charge in [0.15, 0.2) is 11.0 Å². The van der Waals surface area contributed by atoms with Crippen LogP contribution in [0.1, 0.15) is 41.0 Å². The first-order valence-electron chi connectivity index (χ1n) is 8.20. The van der Waals surface area contributed by atoms with Crippen LogP contribution in [0.15, 0.2) is 29.7 Å². The molecule has 0 fully saturated rings. The van der Waals surface area contributed by atoms with Crippen LogP contribution in [0.2, 0.25) is 0 Å². The van der Waals surface area contributed by atoms with Crippen LogP contribution in [0, 0.1) is 0 Å². The quantitative estimate of drug-likeness (QED) is 0.779. The van der Waals surface area contributed by atoms with Crippen molar-refractivity contribution in [1.82, 2.24) is 25.1 Å². The molecule has 0 aliphatic heterocycles. The third-order valence-corrected chi connectivity index (χ3v) is 5.05. The number of aromatic nitrogens is 4. The van der Waals surface area contributed by atoms with E-state index in [1.165, 1.54) is 11.8 Å². The topological polar surface area (TPSA) is 72.7 Å². The third-order valence-electron chi connectivity index (χ3n) is 3.97. The van der Waals surface area contributed by atoms with Crippen LogP contribution in [0.3, 0.4) is 0 Å². The molecule has 0 spiro atoms. The molecule has 6 nitrogen and oxygen atoms in total. The Kier molecular flexibility index (Phi) is 5.99. The number of thioether (sulfide) groups is 1. The van der Waals surface area contributed by atoms with E-state index in [0.717, 1.165) is 29.5 Å². The number of nitrogens with one attached hydrogen (secondary N) is 1. The molecule has 0 bridgehead atoms. The smallest absolute Gasteiger partial charge is 0.233 e. The van der Waals surface area contributed by atoms with E-state index in [1.807, 2.05) is 44.4 Å². The van der Waals surface area contributed by atoms with Gasteiger partial charge in [-0.25, -0.2) is 0 Å². The van der Waals surface area contributed by atoms with Gasteiger partial charge in [-0.1, -0.05) is 18.7 Å². The third kappa shape index (κ3) is 4.35. The fourth-order valence-electron chi connectivity index (χ4n) is 2.11. The van der Waals surface area contributed by atoms with E-state index in [4.69, 9.17) is 0 Å². The van der Waals surface area contributed by atoms with E-state index in [0.29, 0.717) is 0 Å². The normalized spacial score (nSPS) is 12.9. The predicted octanol–water partition coefficient (Wildman–Crippen LogP) is 3.15. The lowest BCUT2D eigenvalue weighted by molar-refractivity contribution is -0.121. The molecular weight excluding hydrogens is 322 g/mol. The summed E-state index contributed by atoms with van der Waals surface area (Å²) in [5.74, 6) is 0.812. The molecule has 0 saturated carbocycles. The molecule has 0 aromatic carbocycles. The van der Waals surface area contributed by atoms with Gasteiger partial charge in [0.25, 0.3) is 0 Å². The van der Waals surface area contributed by atoms with Gasteiger partial charge in [-0.05, 0) is 46.2 Å². The molecule has 1 amide bonds. The Morgan fingerprint density at radius 1 is 1.29 bits per heavy atom. The van der Waals surface area contributed by atoms with Crippen LogP contribution in [-0.4, -0.2) is 36.4 Å². The second-order valence-corrected chi connectivity index (χ2v) is 7.58. The molecule has 1 N–H and O–H groups in total. The summed E-state index contributed by atoms with van der Waals surface area (Å²) < 4.78 is 2.02. The molecule has 7 heteroatoms. The van der Waals surface area contributed by atoms with Crippen LogP contribution >= 0.6 is 11.8 Å². The van der Waals surface area contributed by atoms with Crippen LogP contribution in [-0.2, 0) is 11.3 Å². The first kappa shape index (κ1) is 18.4. The van der Waals surface area contributed by atoms with Crippen LogP contribution in [0.25, 0.3) is 11.4 Å². The Morgan fingerprint density at radius 3 is 2.54 bits per heavy atom. The van der Waals surface area contributed by atoms with E-state index in [9.17, 15) is 4.79 Å². The van der Waals surface area contributed by atoms with E-state index in [2.05, 4.69) is 27.4 Å².